The van der Waals surface area contributed by atoms with Crippen LogP contribution in [0, 0.1) is 0 Å². The summed E-state index contributed by atoms with van der Waals surface area (Å²) < 4.78 is 33.7. The van der Waals surface area contributed by atoms with E-state index in [4.69, 9.17) is 18.5 Å². The minimum atomic E-state index is -4.65. The van der Waals surface area contributed by atoms with Gasteiger partial charge in [0, 0.05) is 12.8 Å². The largest absolute Gasteiger partial charge is 0.756 e. The maximum Gasteiger partial charge on any atom is 0.306 e. The van der Waals surface area contributed by atoms with Gasteiger partial charge in [0.1, 0.15) is 19.8 Å². The summed E-state index contributed by atoms with van der Waals surface area (Å²) in [5.74, 6) is -0.937. The third kappa shape index (κ3) is 39.7. The summed E-state index contributed by atoms with van der Waals surface area (Å²) in [6.45, 7) is 3.90. The van der Waals surface area contributed by atoms with Gasteiger partial charge in [0.25, 0.3) is 7.82 Å². The third-order valence-electron chi connectivity index (χ3n) is 8.57. The first-order valence-corrected chi connectivity index (χ1v) is 22.5. The van der Waals surface area contributed by atoms with Crippen LogP contribution in [0.1, 0.15) is 149 Å². The fourth-order valence-corrected chi connectivity index (χ4v) is 5.97. The number of nitrogens with zero attached hydrogens (tertiary/aromatic N) is 1. The molecule has 0 rings (SSSR count). The molecule has 318 valence electrons. The summed E-state index contributed by atoms with van der Waals surface area (Å²) >= 11 is 0. The minimum Gasteiger partial charge on any atom is -0.756 e. The molecule has 0 aromatic heterocycles. The van der Waals surface area contributed by atoms with E-state index in [1.165, 1.54) is 25.7 Å². The van der Waals surface area contributed by atoms with Crippen LogP contribution in [0.5, 0.6) is 0 Å². The van der Waals surface area contributed by atoms with Crippen molar-refractivity contribution in [3.05, 3.63) is 60.8 Å². The Morgan fingerprint density at radius 2 is 1.18 bits per heavy atom. The molecule has 0 radical (unpaired) electrons. The number of aliphatic hydroxyl groups is 1. The van der Waals surface area contributed by atoms with Gasteiger partial charge in [-0.3, -0.25) is 14.2 Å². The van der Waals surface area contributed by atoms with Crippen molar-refractivity contribution in [1.29, 1.82) is 0 Å². The summed E-state index contributed by atoms with van der Waals surface area (Å²) in [5, 5.41) is 9.73. The van der Waals surface area contributed by atoms with Gasteiger partial charge in [0.15, 0.2) is 6.10 Å². The number of hydrogen-bond acceptors (Lipinski definition) is 9. The molecule has 0 aliphatic carbocycles. The number of carbonyl (C=O) groups is 2. The molecule has 0 aliphatic rings. The average molecular weight is 796 g/mol. The van der Waals surface area contributed by atoms with Gasteiger partial charge in [-0.1, -0.05) is 120 Å². The van der Waals surface area contributed by atoms with Crippen LogP contribution in [0.2, 0.25) is 0 Å². The van der Waals surface area contributed by atoms with Crippen LogP contribution in [0.15, 0.2) is 60.8 Å². The molecule has 2 unspecified atom stereocenters. The van der Waals surface area contributed by atoms with Crippen molar-refractivity contribution in [3.63, 3.8) is 0 Å². The predicted molar refractivity (Wildman–Crippen MR) is 223 cm³/mol. The average Bonchev–Trinajstić information content (AvgIpc) is 3.12. The number of aliphatic hydroxyl groups excluding tert-OH is 1. The van der Waals surface area contributed by atoms with E-state index in [1.807, 2.05) is 33.3 Å². The van der Waals surface area contributed by atoms with Crippen LogP contribution in [0.3, 0.4) is 0 Å². The summed E-state index contributed by atoms with van der Waals surface area (Å²) in [6, 6.07) is 0. The summed E-state index contributed by atoms with van der Waals surface area (Å²) in [6.07, 6.45) is 38.9. The maximum absolute atomic E-state index is 12.6. The van der Waals surface area contributed by atoms with Crippen LogP contribution < -0.4 is 4.89 Å². The first-order chi connectivity index (χ1) is 26.4. The number of allylic oxidation sites excluding steroid dienone is 9. The zero-order chi connectivity index (χ0) is 40.9. The van der Waals surface area contributed by atoms with E-state index in [0.29, 0.717) is 36.7 Å². The number of phosphoric ester groups is 1. The van der Waals surface area contributed by atoms with E-state index in [-0.39, 0.29) is 32.2 Å². The molecule has 0 aromatic carbocycles. The van der Waals surface area contributed by atoms with Crippen molar-refractivity contribution >= 4 is 19.8 Å². The van der Waals surface area contributed by atoms with Gasteiger partial charge in [-0.05, 0) is 77.0 Å². The number of likely N-dealkylation sites (N-methyl/N-ethyl adjacent to an activating group) is 1. The van der Waals surface area contributed by atoms with Crippen LogP contribution in [-0.2, 0) is 32.7 Å². The highest BCUT2D eigenvalue weighted by Crippen LogP contribution is 2.38. The quantitative estimate of drug-likeness (QED) is 0.0215. The fourth-order valence-electron chi connectivity index (χ4n) is 5.24. The molecular weight excluding hydrogens is 717 g/mol. The molecule has 0 bridgehead atoms. The lowest BCUT2D eigenvalue weighted by Crippen LogP contribution is -2.37. The number of hydrogen-bond donors (Lipinski definition) is 1. The zero-order valence-corrected chi connectivity index (χ0v) is 36.1. The topological polar surface area (TPSA) is 131 Å². The number of unbranched alkanes of at least 4 members (excludes halogenated alkanes) is 10. The van der Waals surface area contributed by atoms with E-state index in [1.54, 1.807) is 0 Å². The SMILES string of the molecule is CCCCCC/C=C\CCCCCCCC(=O)O[C@H](COC(=O)CCC/C=C\C/C=C\C/C=C\C/C=C\CC(O)CCC)COP(=O)([O-])OCC[N+](C)(C)C. The number of rotatable bonds is 37. The standard InChI is InChI=1S/C44H78NO9P/c1-6-8-9-10-11-12-13-15-20-23-26-29-32-36-44(48)54-42(40-53-55(49,50)52-38-37-45(3,4)5)39-51-43(47)35-31-28-25-22-19-17-14-16-18-21-24-27-30-34-41(46)33-7-2/h12-14,17-18,21-22,25,27,30,41-42,46H,6-11,15-16,19-20,23-24,26,28-29,31-40H2,1-5H3/b13-12-,17-14-,21-18-,25-22-,30-27-/t41?,42-/m1/s1. The second-order valence-electron chi connectivity index (χ2n) is 15.2. The van der Waals surface area contributed by atoms with Gasteiger partial charge in [-0.25, -0.2) is 0 Å². The van der Waals surface area contributed by atoms with Crippen LogP contribution in [0.4, 0.5) is 0 Å². The molecule has 0 amide bonds. The molecule has 0 heterocycles. The highest BCUT2D eigenvalue weighted by molar-refractivity contribution is 7.45. The first kappa shape index (κ1) is 52.7. The van der Waals surface area contributed by atoms with Crippen molar-refractivity contribution < 1.29 is 47.2 Å². The zero-order valence-electron chi connectivity index (χ0n) is 35.2. The van der Waals surface area contributed by atoms with Gasteiger partial charge < -0.3 is 33.0 Å². The molecule has 55 heavy (non-hydrogen) atoms. The number of ether oxygens (including phenoxy) is 2. The van der Waals surface area contributed by atoms with Crippen LogP contribution in [-0.4, -0.2) is 81.2 Å². The molecule has 0 fully saturated rings. The van der Waals surface area contributed by atoms with Crippen molar-refractivity contribution in [2.75, 3.05) is 47.5 Å². The van der Waals surface area contributed by atoms with Crippen molar-refractivity contribution in [3.8, 4) is 0 Å². The molecule has 0 aliphatic heterocycles. The Hall–Kier alpha value is -2.33. The van der Waals surface area contributed by atoms with Gasteiger partial charge in [0.2, 0.25) is 0 Å². The molecular formula is C44H78NO9P. The monoisotopic (exact) mass is 796 g/mol. The van der Waals surface area contributed by atoms with E-state index in [2.05, 4.69) is 62.5 Å². The Labute approximate surface area is 335 Å². The Balaban J connectivity index is 4.52. The molecule has 0 saturated carbocycles. The van der Waals surface area contributed by atoms with E-state index in [0.717, 1.165) is 70.6 Å². The van der Waals surface area contributed by atoms with E-state index < -0.39 is 32.5 Å². The van der Waals surface area contributed by atoms with Crippen LogP contribution in [0.25, 0.3) is 0 Å². The summed E-state index contributed by atoms with van der Waals surface area (Å²) in [5.41, 5.74) is 0. The molecule has 0 spiro atoms. The second-order valence-corrected chi connectivity index (χ2v) is 16.6. The number of phosphoric acid groups is 1. The molecule has 3 atom stereocenters. The molecule has 1 N–H and O–H groups in total. The van der Waals surface area contributed by atoms with Crippen molar-refractivity contribution in [1.82, 2.24) is 0 Å². The third-order valence-corrected chi connectivity index (χ3v) is 9.53. The first-order valence-electron chi connectivity index (χ1n) is 21.1. The fraction of sp³-hybridized carbons (Fsp3) is 0.727. The second kappa shape index (κ2) is 36.0. The molecule has 11 heteroatoms. The lowest BCUT2D eigenvalue weighted by molar-refractivity contribution is -0.870. The lowest BCUT2D eigenvalue weighted by atomic mass is 10.1. The van der Waals surface area contributed by atoms with Gasteiger partial charge in [-0.15, -0.1) is 0 Å². The Kier molecular flexibility index (Phi) is 34.5. The van der Waals surface area contributed by atoms with E-state index >= 15 is 0 Å². The lowest BCUT2D eigenvalue weighted by Gasteiger charge is -2.28. The van der Waals surface area contributed by atoms with Crippen molar-refractivity contribution in [2.24, 2.45) is 0 Å². The molecule has 0 aromatic rings. The normalized spacial score (nSPS) is 14.8. The highest BCUT2D eigenvalue weighted by Gasteiger charge is 2.21. The Bertz CT molecular complexity index is 1140. The van der Waals surface area contributed by atoms with Gasteiger partial charge in [-0.2, -0.15) is 0 Å². The Morgan fingerprint density at radius 1 is 0.655 bits per heavy atom. The molecule has 0 saturated heterocycles. The summed E-state index contributed by atoms with van der Waals surface area (Å²) in [7, 11) is 1.10. The predicted octanol–water partition coefficient (Wildman–Crippen LogP) is 10.0. The Morgan fingerprint density at radius 3 is 1.80 bits per heavy atom. The minimum absolute atomic E-state index is 0.0496. The number of esters is 2. The van der Waals surface area contributed by atoms with Crippen molar-refractivity contribution in [2.45, 2.75) is 161 Å². The maximum atomic E-state index is 12.6. The van der Waals surface area contributed by atoms with Crippen LogP contribution >= 0.6 is 7.82 Å². The number of carbonyl (C=O) groups excluding carboxylic acids is 2. The molecule has 10 nitrogen and oxygen atoms in total. The highest BCUT2D eigenvalue weighted by atomic mass is 31.2. The van der Waals surface area contributed by atoms with Gasteiger partial charge >= 0.3 is 11.9 Å². The number of quaternary nitrogens is 1. The van der Waals surface area contributed by atoms with Gasteiger partial charge in [0.05, 0.1) is 33.9 Å². The van der Waals surface area contributed by atoms with E-state index in [9.17, 15) is 24.2 Å². The smallest absolute Gasteiger partial charge is 0.306 e. The summed E-state index contributed by atoms with van der Waals surface area (Å²) in [4.78, 5) is 37.4.